The Balaban J connectivity index is 0.0000361. The summed E-state index contributed by atoms with van der Waals surface area (Å²) < 4.78 is 41.4. The van der Waals surface area contributed by atoms with Gasteiger partial charge in [0.05, 0.1) is 13.0 Å². The van der Waals surface area contributed by atoms with Gasteiger partial charge >= 0.3 is 30.0 Å². The van der Waals surface area contributed by atoms with E-state index in [0.29, 0.717) is 81.1 Å². The van der Waals surface area contributed by atoms with Crippen molar-refractivity contribution < 1.29 is 58.6 Å². The van der Waals surface area contributed by atoms with E-state index in [4.69, 9.17) is 33.2 Å². The van der Waals surface area contributed by atoms with Crippen LogP contribution in [0.2, 0.25) is 0 Å². The number of amides is 1. The highest BCUT2D eigenvalue weighted by atomic mass is 16.7. The van der Waals surface area contributed by atoms with Crippen LogP contribution in [0.1, 0.15) is 316 Å². The zero-order chi connectivity index (χ0) is 60.8. The second kappa shape index (κ2) is 54.6. The van der Waals surface area contributed by atoms with E-state index in [1.807, 2.05) is 18.2 Å². The fraction of sp³-hybridized carbons (Fsp3) is 0.843. The summed E-state index contributed by atoms with van der Waals surface area (Å²) in [5.74, 6) is -0.801. The van der Waals surface area contributed by atoms with Crippen molar-refractivity contribution in [2.45, 2.75) is 330 Å². The summed E-state index contributed by atoms with van der Waals surface area (Å²) in [7, 11) is 0. The Morgan fingerprint density at radius 2 is 0.821 bits per heavy atom. The van der Waals surface area contributed by atoms with Gasteiger partial charge in [-0.3, -0.25) is 19.2 Å². The Labute approximate surface area is 513 Å². The molecule has 0 saturated carbocycles. The van der Waals surface area contributed by atoms with Crippen molar-refractivity contribution in [1.29, 1.82) is 0 Å². The van der Waals surface area contributed by atoms with E-state index in [-0.39, 0.29) is 58.4 Å². The van der Waals surface area contributed by atoms with Gasteiger partial charge in [-0.15, -0.1) is 0 Å². The van der Waals surface area contributed by atoms with Crippen molar-refractivity contribution in [2.24, 2.45) is 5.92 Å². The van der Waals surface area contributed by atoms with Gasteiger partial charge in [-0.2, -0.15) is 0 Å². The topological polar surface area (TPSA) is 165 Å². The molecule has 1 amide bonds. The molecule has 0 aromatic heterocycles. The van der Waals surface area contributed by atoms with Crippen LogP contribution in [0, 0.1) is 5.92 Å². The summed E-state index contributed by atoms with van der Waals surface area (Å²) in [6.45, 7) is 16.1. The van der Waals surface area contributed by atoms with Crippen LogP contribution >= 0.6 is 0 Å². The summed E-state index contributed by atoms with van der Waals surface area (Å²) in [5.41, 5.74) is 2.02. The molecule has 84 heavy (non-hydrogen) atoms. The van der Waals surface area contributed by atoms with Crippen molar-refractivity contribution in [3.05, 3.63) is 34.9 Å². The number of nitrogens with zero attached hydrogens (tertiary/aromatic N) is 1. The first-order valence-electron chi connectivity index (χ1n) is 34.7. The first-order chi connectivity index (χ1) is 41.1. The van der Waals surface area contributed by atoms with Crippen LogP contribution in [0.4, 0.5) is 4.79 Å². The summed E-state index contributed by atoms with van der Waals surface area (Å²) in [6.07, 6.45) is 39.1. The van der Waals surface area contributed by atoms with Gasteiger partial charge in [-0.1, -0.05) is 195 Å². The second-order valence-corrected chi connectivity index (χ2v) is 24.1. The van der Waals surface area contributed by atoms with Crippen molar-refractivity contribution in [3.8, 4) is 0 Å². The maximum absolute atomic E-state index is 13.3. The van der Waals surface area contributed by atoms with Gasteiger partial charge in [0.15, 0.2) is 6.29 Å². The third-order valence-electron chi connectivity index (χ3n) is 16.1. The van der Waals surface area contributed by atoms with Crippen LogP contribution < -0.4 is 5.32 Å². The monoisotopic (exact) mass is 1190 g/mol. The van der Waals surface area contributed by atoms with E-state index in [1.165, 1.54) is 128 Å². The minimum absolute atomic E-state index is 0. The van der Waals surface area contributed by atoms with Crippen LogP contribution in [0.3, 0.4) is 0 Å². The number of rotatable bonds is 58. The lowest BCUT2D eigenvalue weighted by atomic mass is 9.95. The van der Waals surface area contributed by atoms with Crippen LogP contribution in [-0.4, -0.2) is 93.3 Å². The van der Waals surface area contributed by atoms with Crippen molar-refractivity contribution in [1.82, 2.24) is 10.2 Å². The smallest absolute Gasteiger partial charge is 0.407 e. The summed E-state index contributed by atoms with van der Waals surface area (Å²) in [5, 5.41) is 2.90. The zero-order valence-corrected chi connectivity index (χ0v) is 54.4. The summed E-state index contributed by atoms with van der Waals surface area (Å²) in [6, 6.07) is 5.53. The van der Waals surface area contributed by atoms with E-state index in [2.05, 4.69) is 44.8 Å². The normalized spacial score (nSPS) is 13.3. The second-order valence-electron chi connectivity index (χ2n) is 24.1. The lowest BCUT2D eigenvalue weighted by molar-refractivity contribution is -0.160. The molecule has 2 atom stereocenters. The van der Waals surface area contributed by atoms with Crippen LogP contribution in [-0.2, 0) is 72.2 Å². The fourth-order valence-electron chi connectivity index (χ4n) is 10.9. The van der Waals surface area contributed by atoms with E-state index >= 15 is 0 Å². The number of unbranched alkanes of at least 4 members (excludes halogenated alkanes) is 24. The van der Waals surface area contributed by atoms with Gasteiger partial charge in [-0.25, -0.2) is 4.79 Å². The summed E-state index contributed by atoms with van der Waals surface area (Å²) in [4.78, 5) is 67.6. The molecule has 0 radical (unpaired) electrons. The molecule has 1 aliphatic rings. The molecule has 1 aromatic rings. The van der Waals surface area contributed by atoms with Crippen molar-refractivity contribution >= 4 is 30.0 Å². The molecule has 488 valence electrons. The molecule has 1 saturated heterocycles. The number of esters is 4. The number of ether oxygens (including phenoxy) is 7. The van der Waals surface area contributed by atoms with Gasteiger partial charge in [0, 0.05) is 53.4 Å². The molecule has 14 nitrogen and oxygen atoms in total. The van der Waals surface area contributed by atoms with E-state index < -0.39 is 24.5 Å². The first kappa shape index (κ1) is 76.3. The van der Waals surface area contributed by atoms with Crippen molar-refractivity contribution in [2.75, 3.05) is 46.0 Å². The fourth-order valence-corrected chi connectivity index (χ4v) is 10.9. The molecule has 2 unspecified atom stereocenters. The Hall–Kier alpha value is -3.75. The molecule has 2 rings (SSSR count). The maximum Gasteiger partial charge on any atom is 0.407 e. The largest absolute Gasteiger partial charge is 0.465 e. The van der Waals surface area contributed by atoms with Crippen LogP contribution in [0.15, 0.2) is 18.2 Å². The highest BCUT2D eigenvalue weighted by molar-refractivity contribution is 5.71. The van der Waals surface area contributed by atoms with Gasteiger partial charge in [0.1, 0.15) is 25.9 Å². The highest BCUT2D eigenvalue weighted by Crippen LogP contribution is 2.22. The Morgan fingerprint density at radius 1 is 0.440 bits per heavy atom. The number of carbonyl (C=O) groups excluding carboxylic acids is 5. The van der Waals surface area contributed by atoms with Crippen LogP contribution in [0.5, 0.6) is 0 Å². The van der Waals surface area contributed by atoms with Crippen molar-refractivity contribution in [3.63, 3.8) is 0 Å². The molecular formula is C70H126N2O12. The third kappa shape index (κ3) is 44.7. The minimum atomic E-state index is -0.483. The lowest BCUT2D eigenvalue weighted by Gasteiger charge is -2.19. The van der Waals surface area contributed by atoms with Gasteiger partial charge < -0.3 is 43.4 Å². The zero-order valence-electron chi connectivity index (χ0n) is 54.4. The number of hydrogen-bond acceptors (Lipinski definition) is 13. The molecule has 1 heterocycles. The number of alkyl carbamates (subject to hydrolysis) is 1. The molecule has 1 aliphatic heterocycles. The average Bonchev–Trinajstić information content (AvgIpc) is 4.18. The lowest BCUT2D eigenvalue weighted by Crippen LogP contribution is -2.35. The van der Waals surface area contributed by atoms with Gasteiger partial charge in [-0.05, 0) is 125 Å². The van der Waals surface area contributed by atoms with Gasteiger partial charge in [0.25, 0.3) is 0 Å². The quantitative estimate of drug-likeness (QED) is 0.0284. The molecule has 14 heteroatoms. The number of nitrogens with one attached hydrogen (secondary N) is 1. The van der Waals surface area contributed by atoms with Crippen LogP contribution in [0.25, 0.3) is 0 Å². The molecular weight excluding hydrogens is 1060 g/mol. The van der Waals surface area contributed by atoms with E-state index in [0.717, 1.165) is 103 Å². The predicted octanol–water partition coefficient (Wildman–Crippen LogP) is 18.1. The molecule has 0 aliphatic carbocycles. The highest BCUT2D eigenvalue weighted by Gasteiger charge is 2.20. The molecule has 1 N–H and O–H groups in total. The molecule has 0 bridgehead atoms. The molecule has 1 fully saturated rings. The van der Waals surface area contributed by atoms with Gasteiger partial charge in [0.2, 0.25) is 0 Å². The SMILES string of the molecule is CCCCCCCCOC(CCC(=O)OCc1cc(COC(=O)CCCCCCC(=O)OCC(CCCCCC)CCCCCCCC)cc(COC(=O)CCC(CCCCCC)OC(=O)NCCN2CCCC2)c1)OCCCCCCCC.[HH]. The van der Waals surface area contributed by atoms with E-state index in [1.54, 1.807) is 0 Å². The standard InChI is InChI=1S/C70H124N2O12.H2/c1-6-11-16-21-24-30-39-60(38-29-19-14-9-4)56-80-65(73)41-32-25-26-33-42-66(74)81-57-61-53-62(58-82-67(75)44-43-64(40-31-20-15-10-5)84-70(77)71-47-50-72-48-34-35-49-72)55-63(54-61)59-83-68(76)45-46-69(78-51-36-27-22-17-12-7-2)79-52-37-28-23-18-13-8-3;/h53-55,60,64,69H,6-52,56-59H2,1-5H3,(H,71,77);1H. The molecule has 1 aromatic carbocycles. The minimum Gasteiger partial charge on any atom is -0.465 e. The number of hydrogen-bond donors (Lipinski definition) is 1. The Kier molecular flexibility index (Phi) is 49.7. The average molecular weight is 1190 g/mol. The number of benzene rings is 1. The Morgan fingerprint density at radius 3 is 1.30 bits per heavy atom. The third-order valence-corrected chi connectivity index (χ3v) is 16.1. The Bertz CT molecular complexity index is 1760. The predicted molar refractivity (Wildman–Crippen MR) is 340 cm³/mol. The number of likely N-dealkylation sites (tertiary alicyclic amines) is 1. The maximum atomic E-state index is 13.3. The number of carbonyl (C=O) groups is 5. The first-order valence-corrected chi connectivity index (χ1v) is 34.7. The molecule has 0 spiro atoms. The summed E-state index contributed by atoms with van der Waals surface area (Å²) >= 11 is 0. The van der Waals surface area contributed by atoms with E-state index in [9.17, 15) is 24.0 Å².